The van der Waals surface area contributed by atoms with E-state index in [-0.39, 0.29) is 0 Å². The van der Waals surface area contributed by atoms with Gasteiger partial charge in [0.1, 0.15) is 6.33 Å². The molecule has 0 spiro atoms. The molecule has 0 aliphatic heterocycles. The lowest BCUT2D eigenvalue weighted by Gasteiger charge is -2.08. The molecule has 4 nitrogen and oxygen atoms in total. The fourth-order valence-corrected chi connectivity index (χ4v) is 0.695. The van der Waals surface area contributed by atoms with Crippen molar-refractivity contribution in [1.82, 2.24) is 14.8 Å². The summed E-state index contributed by atoms with van der Waals surface area (Å²) in [6.07, 6.45) is 1.54. The molecule has 1 aromatic rings. The molecule has 0 unspecified atom stereocenters. The van der Waals surface area contributed by atoms with E-state index in [9.17, 15) is 0 Å². The first-order valence-corrected chi connectivity index (χ1v) is 2.73. The molecule has 0 bridgehead atoms. The lowest BCUT2D eigenvalue weighted by Crippen LogP contribution is -2.14. The van der Waals surface area contributed by atoms with Gasteiger partial charge in [0.05, 0.1) is 0 Å². The van der Waals surface area contributed by atoms with Crippen molar-refractivity contribution in [1.29, 1.82) is 0 Å². The number of nitrogens with zero attached hydrogens (tertiary/aromatic N) is 4. The smallest absolute Gasteiger partial charge is 0.222 e. The topological polar surface area (TPSA) is 34.0 Å². The van der Waals surface area contributed by atoms with E-state index in [0.717, 1.165) is 5.95 Å². The van der Waals surface area contributed by atoms with Crippen LogP contribution in [-0.4, -0.2) is 28.9 Å². The molecule has 1 rings (SSSR count). The molecule has 1 heterocycles. The second-order valence-corrected chi connectivity index (χ2v) is 2.08. The fourth-order valence-electron chi connectivity index (χ4n) is 0.695. The van der Waals surface area contributed by atoms with E-state index in [2.05, 4.69) is 10.1 Å². The maximum atomic E-state index is 3.99. The van der Waals surface area contributed by atoms with Crippen LogP contribution < -0.4 is 4.90 Å². The number of anilines is 1. The van der Waals surface area contributed by atoms with Crippen molar-refractivity contribution in [3.63, 3.8) is 0 Å². The van der Waals surface area contributed by atoms with Gasteiger partial charge in [0.2, 0.25) is 5.95 Å². The summed E-state index contributed by atoms with van der Waals surface area (Å²) in [5.74, 6) is 0.870. The van der Waals surface area contributed by atoms with Gasteiger partial charge < -0.3 is 4.90 Å². The molecule has 0 radical (unpaired) electrons. The van der Waals surface area contributed by atoms with Crippen LogP contribution >= 0.6 is 0 Å². The normalized spacial score (nSPS) is 9.67. The standard InChI is InChI=1S/C5H10N4/c1-8(2)5-6-4-7-9(5)3/h4H,1-3H3. The summed E-state index contributed by atoms with van der Waals surface area (Å²) < 4.78 is 1.72. The summed E-state index contributed by atoms with van der Waals surface area (Å²) >= 11 is 0. The largest absolute Gasteiger partial charge is 0.347 e. The van der Waals surface area contributed by atoms with Gasteiger partial charge in [0.15, 0.2) is 0 Å². The second-order valence-electron chi connectivity index (χ2n) is 2.08. The highest BCUT2D eigenvalue weighted by Gasteiger charge is 1.98. The Kier molecular flexibility index (Phi) is 1.38. The van der Waals surface area contributed by atoms with Gasteiger partial charge in [-0.05, 0) is 0 Å². The van der Waals surface area contributed by atoms with Crippen LogP contribution in [0.5, 0.6) is 0 Å². The zero-order valence-corrected chi connectivity index (χ0v) is 5.87. The fraction of sp³-hybridized carbons (Fsp3) is 0.600. The third-order valence-electron chi connectivity index (χ3n) is 1.09. The SMILES string of the molecule is CN(C)c1ncnn1C. The van der Waals surface area contributed by atoms with Crippen LogP contribution in [-0.2, 0) is 7.05 Å². The zero-order valence-electron chi connectivity index (χ0n) is 5.87. The molecule has 50 valence electrons. The molecule has 9 heavy (non-hydrogen) atoms. The van der Waals surface area contributed by atoms with E-state index in [1.54, 1.807) is 4.68 Å². The van der Waals surface area contributed by atoms with E-state index < -0.39 is 0 Å². The molecule has 1 aromatic heterocycles. The summed E-state index contributed by atoms with van der Waals surface area (Å²) in [7, 11) is 5.73. The highest BCUT2D eigenvalue weighted by Crippen LogP contribution is 2.00. The van der Waals surface area contributed by atoms with E-state index in [1.165, 1.54) is 6.33 Å². The Morgan fingerprint density at radius 1 is 1.56 bits per heavy atom. The first kappa shape index (κ1) is 6.07. The van der Waals surface area contributed by atoms with Crippen LogP contribution in [0.4, 0.5) is 5.95 Å². The van der Waals surface area contributed by atoms with Crippen molar-refractivity contribution in [2.75, 3.05) is 19.0 Å². The van der Waals surface area contributed by atoms with Gasteiger partial charge in [-0.3, -0.25) is 0 Å². The number of aromatic nitrogens is 3. The van der Waals surface area contributed by atoms with Crippen molar-refractivity contribution in [2.45, 2.75) is 0 Å². The number of aryl methyl sites for hydroxylation is 1. The minimum absolute atomic E-state index is 0.870. The maximum absolute atomic E-state index is 3.99. The Hall–Kier alpha value is -1.06. The van der Waals surface area contributed by atoms with Gasteiger partial charge in [0, 0.05) is 21.1 Å². The van der Waals surface area contributed by atoms with Gasteiger partial charge in [-0.15, -0.1) is 0 Å². The van der Waals surface area contributed by atoms with Crippen molar-refractivity contribution in [2.24, 2.45) is 7.05 Å². The first-order valence-electron chi connectivity index (χ1n) is 2.73. The van der Waals surface area contributed by atoms with Gasteiger partial charge >= 0.3 is 0 Å². The molecule has 4 heteroatoms. The van der Waals surface area contributed by atoms with Crippen LogP contribution in [0, 0.1) is 0 Å². The minimum Gasteiger partial charge on any atom is -0.347 e. The number of hydrogen-bond acceptors (Lipinski definition) is 3. The Balaban J connectivity index is 2.94. The average Bonchev–Trinajstić information content (AvgIpc) is 2.13. The summed E-state index contributed by atoms with van der Waals surface area (Å²) in [4.78, 5) is 5.90. The summed E-state index contributed by atoms with van der Waals surface area (Å²) in [6, 6.07) is 0. The van der Waals surface area contributed by atoms with Crippen molar-refractivity contribution in [3.8, 4) is 0 Å². The molecule has 0 N–H and O–H groups in total. The predicted molar refractivity (Wildman–Crippen MR) is 35.3 cm³/mol. The van der Waals surface area contributed by atoms with Gasteiger partial charge in [-0.25, -0.2) is 4.68 Å². The lowest BCUT2D eigenvalue weighted by atomic mass is 10.8. The summed E-state index contributed by atoms with van der Waals surface area (Å²) in [5.41, 5.74) is 0. The van der Waals surface area contributed by atoms with E-state index >= 15 is 0 Å². The minimum atomic E-state index is 0.870. The Morgan fingerprint density at radius 2 is 2.22 bits per heavy atom. The number of rotatable bonds is 1. The van der Waals surface area contributed by atoms with Crippen LogP contribution in [0.1, 0.15) is 0 Å². The average molecular weight is 126 g/mol. The first-order chi connectivity index (χ1) is 4.22. The van der Waals surface area contributed by atoms with Gasteiger partial charge in [-0.1, -0.05) is 0 Å². The third kappa shape index (κ3) is 1.01. The maximum Gasteiger partial charge on any atom is 0.222 e. The summed E-state index contributed by atoms with van der Waals surface area (Å²) in [5, 5.41) is 3.90. The van der Waals surface area contributed by atoms with Crippen LogP contribution in [0.2, 0.25) is 0 Å². The van der Waals surface area contributed by atoms with E-state index in [0.29, 0.717) is 0 Å². The van der Waals surface area contributed by atoms with Crippen molar-refractivity contribution >= 4 is 5.95 Å². The molecule has 0 aliphatic rings. The Morgan fingerprint density at radius 3 is 2.44 bits per heavy atom. The highest BCUT2D eigenvalue weighted by molar-refractivity contribution is 5.24. The van der Waals surface area contributed by atoms with Crippen LogP contribution in [0.15, 0.2) is 6.33 Å². The molecule has 0 aliphatic carbocycles. The number of hydrogen-bond donors (Lipinski definition) is 0. The van der Waals surface area contributed by atoms with Crippen LogP contribution in [0.3, 0.4) is 0 Å². The Bertz CT molecular complexity index is 191. The van der Waals surface area contributed by atoms with Crippen molar-refractivity contribution < 1.29 is 0 Å². The second kappa shape index (κ2) is 2.05. The lowest BCUT2D eigenvalue weighted by molar-refractivity contribution is 0.751. The molecular formula is C5H10N4. The monoisotopic (exact) mass is 126 g/mol. The molecule has 0 aromatic carbocycles. The third-order valence-corrected chi connectivity index (χ3v) is 1.09. The molecule has 0 amide bonds. The molecular weight excluding hydrogens is 116 g/mol. The molecule has 0 fully saturated rings. The van der Waals surface area contributed by atoms with E-state index in [4.69, 9.17) is 0 Å². The molecule has 0 saturated carbocycles. The van der Waals surface area contributed by atoms with E-state index in [1.807, 2.05) is 26.0 Å². The van der Waals surface area contributed by atoms with Gasteiger partial charge in [0.25, 0.3) is 0 Å². The van der Waals surface area contributed by atoms with Crippen molar-refractivity contribution in [3.05, 3.63) is 6.33 Å². The summed E-state index contributed by atoms with van der Waals surface area (Å²) in [6.45, 7) is 0. The molecule has 0 saturated heterocycles. The Labute approximate surface area is 54.1 Å². The predicted octanol–water partition coefficient (Wildman–Crippen LogP) is -0.119. The van der Waals surface area contributed by atoms with Gasteiger partial charge in [-0.2, -0.15) is 10.1 Å². The van der Waals surface area contributed by atoms with Crippen LogP contribution in [0.25, 0.3) is 0 Å². The highest BCUT2D eigenvalue weighted by atomic mass is 15.4. The quantitative estimate of drug-likeness (QED) is 0.526. The zero-order chi connectivity index (χ0) is 6.85. The molecule has 0 atom stereocenters.